The van der Waals surface area contributed by atoms with E-state index in [2.05, 4.69) is 58.1 Å². The van der Waals surface area contributed by atoms with Gasteiger partial charge in [-0.15, -0.1) is 0 Å². The number of benzene rings is 2. The van der Waals surface area contributed by atoms with Crippen LogP contribution < -0.4 is 0 Å². The summed E-state index contributed by atoms with van der Waals surface area (Å²) in [5.41, 5.74) is 2.34. The summed E-state index contributed by atoms with van der Waals surface area (Å²) in [7, 11) is -1.81. The van der Waals surface area contributed by atoms with Gasteiger partial charge in [-0.2, -0.15) is 0 Å². The number of hydrogen-bond acceptors (Lipinski definition) is 3. The second kappa shape index (κ2) is 10.2. The maximum Gasteiger partial charge on any atom is 0.192 e. The molecule has 0 N–H and O–H groups in total. The zero-order chi connectivity index (χ0) is 19.8. The molecule has 2 aromatic carbocycles. The Labute approximate surface area is 165 Å². The first kappa shape index (κ1) is 21.8. The van der Waals surface area contributed by atoms with E-state index in [4.69, 9.17) is 13.9 Å². The Balaban J connectivity index is 1.90. The molecule has 27 heavy (non-hydrogen) atoms. The molecule has 0 spiro atoms. The monoisotopic (exact) mass is 386 g/mol. The summed E-state index contributed by atoms with van der Waals surface area (Å²) < 4.78 is 18.5. The lowest BCUT2D eigenvalue weighted by molar-refractivity contribution is -0.0511. The number of hydrogen-bond donors (Lipinski definition) is 0. The van der Waals surface area contributed by atoms with Crippen LogP contribution in [0.4, 0.5) is 0 Å². The topological polar surface area (TPSA) is 27.7 Å². The lowest BCUT2D eigenvalue weighted by atomic mass is 10.2. The second-order valence-corrected chi connectivity index (χ2v) is 13.3. The molecule has 0 amide bonds. The van der Waals surface area contributed by atoms with Crippen LogP contribution in [0.3, 0.4) is 0 Å². The summed E-state index contributed by atoms with van der Waals surface area (Å²) in [5.74, 6) is 0. The van der Waals surface area contributed by atoms with Crippen molar-refractivity contribution in [3.63, 3.8) is 0 Å². The van der Waals surface area contributed by atoms with Gasteiger partial charge in [0, 0.05) is 0 Å². The van der Waals surface area contributed by atoms with E-state index in [0.717, 1.165) is 5.56 Å². The van der Waals surface area contributed by atoms with Crippen molar-refractivity contribution in [2.75, 3.05) is 13.2 Å². The van der Waals surface area contributed by atoms with Gasteiger partial charge in [-0.05, 0) is 29.3 Å². The van der Waals surface area contributed by atoms with Gasteiger partial charge in [-0.25, -0.2) is 0 Å². The molecule has 0 fully saturated rings. The molecule has 4 heteroatoms. The van der Waals surface area contributed by atoms with Gasteiger partial charge in [0.1, 0.15) is 6.10 Å². The molecule has 0 radical (unpaired) electrons. The highest BCUT2D eigenvalue weighted by Crippen LogP contribution is 2.36. The molecule has 2 rings (SSSR count). The van der Waals surface area contributed by atoms with Crippen LogP contribution in [0.2, 0.25) is 18.1 Å². The lowest BCUT2D eigenvalue weighted by Crippen LogP contribution is -2.43. The van der Waals surface area contributed by atoms with E-state index in [9.17, 15) is 0 Å². The molecular weight excluding hydrogens is 352 g/mol. The number of rotatable bonds is 10. The Morgan fingerprint density at radius 1 is 0.778 bits per heavy atom. The Bertz CT molecular complexity index is 650. The van der Waals surface area contributed by atoms with Crippen LogP contribution >= 0.6 is 0 Å². The van der Waals surface area contributed by atoms with Crippen molar-refractivity contribution < 1.29 is 13.9 Å². The van der Waals surface area contributed by atoms with Gasteiger partial charge in [0.05, 0.1) is 26.4 Å². The van der Waals surface area contributed by atoms with E-state index in [1.165, 1.54) is 5.56 Å². The van der Waals surface area contributed by atoms with Crippen molar-refractivity contribution in [1.29, 1.82) is 0 Å². The van der Waals surface area contributed by atoms with Crippen molar-refractivity contribution in [1.82, 2.24) is 0 Å². The van der Waals surface area contributed by atoms with Crippen molar-refractivity contribution >= 4 is 8.32 Å². The Hall–Kier alpha value is -1.46. The van der Waals surface area contributed by atoms with Gasteiger partial charge >= 0.3 is 0 Å². The molecule has 0 aliphatic heterocycles. The first-order valence-corrected chi connectivity index (χ1v) is 12.6. The molecule has 0 saturated heterocycles. The third-order valence-corrected chi connectivity index (χ3v) is 9.68. The zero-order valence-corrected chi connectivity index (χ0v) is 18.4. The predicted molar refractivity (Wildman–Crippen MR) is 114 cm³/mol. The summed E-state index contributed by atoms with van der Waals surface area (Å²) in [6.45, 7) is 13.6. The molecule has 0 aliphatic rings. The van der Waals surface area contributed by atoms with Crippen molar-refractivity contribution in [3.8, 4) is 0 Å². The summed E-state index contributed by atoms with van der Waals surface area (Å²) >= 11 is 0. The second-order valence-electron chi connectivity index (χ2n) is 8.49. The van der Waals surface area contributed by atoms with Gasteiger partial charge < -0.3 is 13.9 Å². The molecule has 0 bridgehead atoms. The molecule has 1 atom stereocenters. The van der Waals surface area contributed by atoms with Crippen molar-refractivity contribution in [2.24, 2.45) is 0 Å². The summed E-state index contributed by atoms with van der Waals surface area (Å²) in [6, 6.07) is 20.5. The van der Waals surface area contributed by atoms with E-state index in [0.29, 0.717) is 26.4 Å². The molecule has 3 nitrogen and oxygen atoms in total. The first-order chi connectivity index (χ1) is 12.8. The number of ether oxygens (including phenoxy) is 2. The van der Waals surface area contributed by atoms with Gasteiger partial charge in [-0.1, -0.05) is 81.4 Å². The standard InChI is InChI=1S/C23H34O3Si/c1-23(2,3)27(4,5)26-19-22(25-17-21-14-10-7-11-15-21)18-24-16-20-12-8-6-9-13-20/h6-15,22H,16-19H2,1-5H3/t22-/m1/s1. The molecular formula is C23H34O3Si. The minimum atomic E-state index is -1.81. The third kappa shape index (κ3) is 7.58. The van der Waals surface area contributed by atoms with Crippen LogP contribution in [0.15, 0.2) is 60.7 Å². The van der Waals surface area contributed by atoms with Crippen LogP contribution in [0, 0.1) is 0 Å². The summed E-state index contributed by atoms with van der Waals surface area (Å²) in [4.78, 5) is 0. The molecule has 0 saturated carbocycles. The maximum atomic E-state index is 6.38. The Morgan fingerprint density at radius 2 is 1.30 bits per heavy atom. The van der Waals surface area contributed by atoms with Gasteiger partial charge in [0.25, 0.3) is 0 Å². The van der Waals surface area contributed by atoms with Crippen LogP contribution in [-0.2, 0) is 27.1 Å². The van der Waals surface area contributed by atoms with Crippen molar-refractivity contribution in [2.45, 2.75) is 58.2 Å². The average molecular weight is 387 g/mol. The minimum absolute atomic E-state index is 0.0805. The fraction of sp³-hybridized carbons (Fsp3) is 0.478. The van der Waals surface area contributed by atoms with Crippen LogP contribution in [-0.4, -0.2) is 27.6 Å². The molecule has 0 aromatic heterocycles. The molecule has 2 aromatic rings. The van der Waals surface area contributed by atoms with Gasteiger partial charge in [-0.3, -0.25) is 0 Å². The quantitative estimate of drug-likeness (QED) is 0.482. The lowest BCUT2D eigenvalue weighted by Gasteiger charge is -2.37. The highest BCUT2D eigenvalue weighted by atomic mass is 28.4. The van der Waals surface area contributed by atoms with E-state index in [1.54, 1.807) is 0 Å². The smallest absolute Gasteiger partial charge is 0.192 e. The third-order valence-electron chi connectivity index (χ3n) is 5.18. The Morgan fingerprint density at radius 3 is 1.81 bits per heavy atom. The first-order valence-electron chi connectivity index (χ1n) is 9.69. The Kier molecular flexibility index (Phi) is 8.23. The van der Waals surface area contributed by atoms with E-state index < -0.39 is 8.32 Å². The highest BCUT2D eigenvalue weighted by Gasteiger charge is 2.37. The summed E-state index contributed by atoms with van der Waals surface area (Å²) in [6.07, 6.45) is -0.0805. The highest BCUT2D eigenvalue weighted by molar-refractivity contribution is 6.74. The van der Waals surface area contributed by atoms with Crippen LogP contribution in [0.1, 0.15) is 31.9 Å². The average Bonchev–Trinajstić information content (AvgIpc) is 2.64. The van der Waals surface area contributed by atoms with Gasteiger partial charge in [0.2, 0.25) is 0 Å². The molecule has 0 heterocycles. The van der Waals surface area contributed by atoms with Crippen LogP contribution in [0.25, 0.3) is 0 Å². The van der Waals surface area contributed by atoms with Gasteiger partial charge in [0.15, 0.2) is 8.32 Å². The molecule has 148 valence electrons. The van der Waals surface area contributed by atoms with Crippen LogP contribution in [0.5, 0.6) is 0 Å². The predicted octanol–water partition coefficient (Wildman–Crippen LogP) is 5.81. The molecule has 0 unspecified atom stereocenters. The zero-order valence-electron chi connectivity index (χ0n) is 17.4. The fourth-order valence-corrected chi connectivity index (χ4v) is 3.37. The minimum Gasteiger partial charge on any atom is -0.414 e. The van der Waals surface area contributed by atoms with E-state index in [-0.39, 0.29) is 11.1 Å². The van der Waals surface area contributed by atoms with E-state index >= 15 is 0 Å². The SMILES string of the molecule is CC(C)(C)[Si](C)(C)OC[C@@H](COCc1ccccc1)OCc1ccccc1. The largest absolute Gasteiger partial charge is 0.414 e. The molecule has 0 aliphatic carbocycles. The van der Waals surface area contributed by atoms with E-state index in [1.807, 2.05) is 36.4 Å². The van der Waals surface area contributed by atoms with Crippen molar-refractivity contribution in [3.05, 3.63) is 71.8 Å². The fourth-order valence-electron chi connectivity index (χ4n) is 2.33. The normalized spacial score (nSPS) is 13.5. The summed E-state index contributed by atoms with van der Waals surface area (Å²) in [5, 5.41) is 0.182. The maximum absolute atomic E-state index is 6.38.